The lowest BCUT2D eigenvalue weighted by Gasteiger charge is -2.35. The second-order valence-electron chi connectivity index (χ2n) is 7.42. The zero-order valence-electron chi connectivity index (χ0n) is 15.4. The number of likely N-dealkylation sites (tertiary alicyclic amines) is 2. The second kappa shape index (κ2) is 8.52. The Balaban J connectivity index is 1.51. The summed E-state index contributed by atoms with van der Waals surface area (Å²) in [6, 6.07) is 8.39. The van der Waals surface area contributed by atoms with Crippen molar-refractivity contribution in [2.75, 3.05) is 19.6 Å². The van der Waals surface area contributed by atoms with Crippen LogP contribution in [0.5, 0.6) is 0 Å². The van der Waals surface area contributed by atoms with Crippen molar-refractivity contribution in [2.45, 2.75) is 44.2 Å². The molecule has 2 heterocycles. The molecule has 0 radical (unpaired) electrons. The van der Waals surface area contributed by atoms with Gasteiger partial charge in [0.2, 0.25) is 11.8 Å². The van der Waals surface area contributed by atoms with Crippen molar-refractivity contribution >= 4 is 17.8 Å². The Hall–Kier alpha value is -2.41. The van der Waals surface area contributed by atoms with E-state index in [1.807, 2.05) is 30.3 Å². The van der Waals surface area contributed by atoms with Crippen LogP contribution in [0.4, 0.5) is 0 Å². The highest BCUT2D eigenvalue weighted by atomic mass is 16.4. The van der Waals surface area contributed by atoms with E-state index in [0.29, 0.717) is 45.3 Å². The number of piperidine rings is 1. The van der Waals surface area contributed by atoms with Crippen LogP contribution in [0.15, 0.2) is 30.3 Å². The van der Waals surface area contributed by atoms with E-state index < -0.39 is 18.1 Å². The first kappa shape index (κ1) is 19.4. The number of hydrogen-bond donors (Lipinski definition) is 2. The molecular weight excluding hydrogens is 346 g/mol. The summed E-state index contributed by atoms with van der Waals surface area (Å²) in [4.78, 5) is 39.8. The Morgan fingerprint density at radius 3 is 2.37 bits per heavy atom. The van der Waals surface area contributed by atoms with Gasteiger partial charge in [-0.05, 0) is 37.7 Å². The van der Waals surface area contributed by atoms with E-state index in [0.717, 1.165) is 12.0 Å². The molecule has 3 N–H and O–H groups in total. The summed E-state index contributed by atoms with van der Waals surface area (Å²) in [5.41, 5.74) is 7.12. The average molecular weight is 373 g/mol. The predicted octanol–water partition coefficient (Wildman–Crippen LogP) is 0.871. The maximum Gasteiger partial charge on any atom is 0.326 e. The molecule has 2 fully saturated rings. The molecule has 2 aliphatic heterocycles. The summed E-state index contributed by atoms with van der Waals surface area (Å²) in [6.45, 7) is 1.49. The van der Waals surface area contributed by atoms with Crippen LogP contribution in [0.1, 0.15) is 31.2 Å². The van der Waals surface area contributed by atoms with E-state index in [-0.39, 0.29) is 17.7 Å². The van der Waals surface area contributed by atoms with Crippen LogP contribution in [0.2, 0.25) is 0 Å². The molecule has 1 aromatic rings. The van der Waals surface area contributed by atoms with E-state index in [1.54, 1.807) is 4.90 Å². The number of aliphatic carboxylic acids is 1. The van der Waals surface area contributed by atoms with E-state index in [1.165, 1.54) is 4.90 Å². The van der Waals surface area contributed by atoms with Crippen LogP contribution in [0, 0.1) is 5.92 Å². The van der Waals surface area contributed by atoms with Gasteiger partial charge in [0.05, 0.1) is 6.04 Å². The summed E-state index contributed by atoms with van der Waals surface area (Å²) < 4.78 is 0. The molecule has 2 atom stereocenters. The van der Waals surface area contributed by atoms with Crippen LogP contribution in [0.3, 0.4) is 0 Å². The highest BCUT2D eigenvalue weighted by molar-refractivity contribution is 5.86. The molecule has 7 heteroatoms. The van der Waals surface area contributed by atoms with Gasteiger partial charge >= 0.3 is 5.97 Å². The summed E-state index contributed by atoms with van der Waals surface area (Å²) >= 11 is 0. The fourth-order valence-corrected chi connectivity index (χ4v) is 4.06. The first-order chi connectivity index (χ1) is 13.0. The quantitative estimate of drug-likeness (QED) is 0.797. The number of carboxylic acids is 1. The fourth-order valence-electron chi connectivity index (χ4n) is 4.06. The Bertz CT molecular complexity index is 686. The molecule has 7 nitrogen and oxygen atoms in total. The zero-order valence-corrected chi connectivity index (χ0v) is 15.4. The summed E-state index contributed by atoms with van der Waals surface area (Å²) in [5.74, 6) is -1.31. The van der Waals surface area contributed by atoms with Gasteiger partial charge in [-0.2, -0.15) is 0 Å². The van der Waals surface area contributed by atoms with Crippen molar-refractivity contribution in [1.82, 2.24) is 9.80 Å². The van der Waals surface area contributed by atoms with Gasteiger partial charge in [-0.15, -0.1) is 0 Å². The van der Waals surface area contributed by atoms with Crippen LogP contribution in [-0.2, 0) is 20.8 Å². The van der Waals surface area contributed by atoms with Crippen LogP contribution < -0.4 is 5.73 Å². The number of hydrogen-bond acceptors (Lipinski definition) is 4. The van der Waals surface area contributed by atoms with E-state index in [2.05, 4.69) is 0 Å². The number of rotatable bonds is 5. The standard InChI is InChI=1S/C20H27N3O4/c21-16(13-14-5-2-1-3-6-14)19(25)22-11-8-15(9-12-22)18(24)23-10-4-7-17(23)20(26)27/h1-3,5-6,15-17H,4,7-13,21H2,(H,26,27). The summed E-state index contributed by atoms with van der Waals surface area (Å²) in [6.07, 6.45) is 2.87. The molecule has 0 aliphatic carbocycles. The minimum Gasteiger partial charge on any atom is -0.480 e. The molecule has 1 aromatic carbocycles. The molecule has 2 saturated heterocycles. The molecule has 146 valence electrons. The third kappa shape index (κ3) is 4.47. The van der Waals surface area contributed by atoms with Gasteiger partial charge in [0.15, 0.2) is 0 Å². The van der Waals surface area contributed by atoms with Gasteiger partial charge in [0.1, 0.15) is 6.04 Å². The van der Waals surface area contributed by atoms with Crippen molar-refractivity contribution in [3.63, 3.8) is 0 Å². The Morgan fingerprint density at radius 1 is 1.07 bits per heavy atom. The number of amides is 2. The first-order valence-corrected chi connectivity index (χ1v) is 9.59. The molecular formula is C20H27N3O4. The third-order valence-corrected chi connectivity index (χ3v) is 5.59. The number of carbonyl (C=O) groups is 3. The van der Waals surface area contributed by atoms with Gasteiger partial charge in [-0.3, -0.25) is 9.59 Å². The normalized spacial score (nSPS) is 21.9. The lowest BCUT2D eigenvalue weighted by molar-refractivity contribution is -0.151. The van der Waals surface area contributed by atoms with Crippen molar-refractivity contribution in [3.8, 4) is 0 Å². The van der Waals surface area contributed by atoms with Crippen molar-refractivity contribution in [3.05, 3.63) is 35.9 Å². The lowest BCUT2D eigenvalue weighted by Crippen LogP contribution is -2.51. The summed E-state index contributed by atoms with van der Waals surface area (Å²) in [5, 5.41) is 9.27. The lowest BCUT2D eigenvalue weighted by atomic mass is 9.94. The van der Waals surface area contributed by atoms with Crippen molar-refractivity contribution in [2.24, 2.45) is 11.7 Å². The number of nitrogens with zero attached hydrogens (tertiary/aromatic N) is 2. The number of carboxylic acid groups (broad SMARTS) is 1. The highest BCUT2D eigenvalue weighted by Gasteiger charge is 2.38. The van der Waals surface area contributed by atoms with E-state index in [9.17, 15) is 19.5 Å². The molecule has 2 amide bonds. The largest absolute Gasteiger partial charge is 0.480 e. The Labute approximate surface area is 159 Å². The summed E-state index contributed by atoms with van der Waals surface area (Å²) in [7, 11) is 0. The molecule has 0 bridgehead atoms. The maximum atomic E-state index is 12.7. The third-order valence-electron chi connectivity index (χ3n) is 5.59. The number of benzene rings is 1. The zero-order chi connectivity index (χ0) is 19.4. The minimum atomic E-state index is -0.930. The fraction of sp³-hybridized carbons (Fsp3) is 0.550. The molecule has 27 heavy (non-hydrogen) atoms. The molecule has 2 aliphatic rings. The van der Waals surface area contributed by atoms with Crippen LogP contribution >= 0.6 is 0 Å². The smallest absolute Gasteiger partial charge is 0.326 e. The molecule has 2 unspecified atom stereocenters. The first-order valence-electron chi connectivity index (χ1n) is 9.59. The van der Waals surface area contributed by atoms with Gasteiger partial charge in [0, 0.05) is 25.6 Å². The van der Waals surface area contributed by atoms with Crippen LogP contribution in [0.25, 0.3) is 0 Å². The van der Waals surface area contributed by atoms with Gasteiger partial charge in [0.25, 0.3) is 0 Å². The number of nitrogens with two attached hydrogens (primary N) is 1. The second-order valence-corrected chi connectivity index (χ2v) is 7.42. The maximum absolute atomic E-state index is 12.7. The van der Waals surface area contributed by atoms with Gasteiger partial charge < -0.3 is 20.6 Å². The number of carbonyl (C=O) groups excluding carboxylic acids is 2. The molecule has 0 spiro atoms. The highest BCUT2D eigenvalue weighted by Crippen LogP contribution is 2.25. The average Bonchev–Trinajstić information content (AvgIpc) is 3.18. The predicted molar refractivity (Wildman–Crippen MR) is 99.8 cm³/mol. The van der Waals surface area contributed by atoms with Crippen molar-refractivity contribution < 1.29 is 19.5 Å². The van der Waals surface area contributed by atoms with E-state index in [4.69, 9.17) is 5.73 Å². The molecule has 0 saturated carbocycles. The molecule has 0 aromatic heterocycles. The SMILES string of the molecule is NC(Cc1ccccc1)C(=O)N1CCC(C(=O)N2CCCC2C(=O)O)CC1. The Kier molecular flexibility index (Phi) is 6.11. The Morgan fingerprint density at radius 2 is 1.74 bits per heavy atom. The van der Waals surface area contributed by atoms with E-state index >= 15 is 0 Å². The minimum absolute atomic E-state index is 0.0828. The van der Waals surface area contributed by atoms with Gasteiger partial charge in [-0.1, -0.05) is 30.3 Å². The monoisotopic (exact) mass is 373 g/mol. The topological polar surface area (TPSA) is 104 Å². The van der Waals surface area contributed by atoms with Crippen molar-refractivity contribution in [1.29, 1.82) is 0 Å². The van der Waals surface area contributed by atoms with Crippen LogP contribution in [-0.4, -0.2) is 64.4 Å². The molecule has 3 rings (SSSR count). The van der Waals surface area contributed by atoms with Gasteiger partial charge in [-0.25, -0.2) is 4.79 Å².